The van der Waals surface area contributed by atoms with Gasteiger partial charge in [-0.25, -0.2) is 0 Å². The summed E-state index contributed by atoms with van der Waals surface area (Å²) in [5.41, 5.74) is 0.653. The van der Waals surface area contributed by atoms with E-state index in [0.29, 0.717) is 11.5 Å². The van der Waals surface area contributed by atoms with Crippen molar-refractivity contribution < 1.29 is 9.59 Å². The van der Waals surface area contributed by atoms with Crippen LogP contribution in [0.15, 0.2) is 30.3 Å². The second-order valence-electron chi connectivity index (χ2n) is 5.02. The van der Waals surface area contributed by atoms with Crippen molar-refractivity contribution in [1.82, 2.24) is 0 Å². The maximum atomic E-state index is 12.3. The Morgan fingerprint density at radius 2 is 1.76 bits per heavy atom. The highest BCUT2D eigenvalue weighted by Gasteiger charge is 2.39. The number of Topliss-reactive ketones (excluding diaryl/α,β-unsaturated/α-hetero) is 2. The van der Waals surface area contributed by atoms with Crippen LogP contribution in [0.25, 0.3) is 0 Å². The highest BCUT2D eigenvalue weighted by molar-refractivity contribution is 6.10. The monoisotopic (exact) mass is 230 g/mol. The number of hydrogen-bond acceptors (Lipinski definition) is 2. The standard InChI is InChI=1S/C15H18O2/c1-10(12-8-9-12)14(11(2)16)15(17)13-6-4-3-5-7-13/h3-7,10,12,14H,8-9H2,1-2H3. The van der Waals surface area contributed by atoms with E-state index in [1.807, 2.05) is 25.1 Å². The highest BCUT2D eigenvalue weighted by atomic mass is 16.1. The molecule has 1 saturated carbocycles. The number of ketones is 2. The van der Waals surface area contributed by atoms with Gasteiger partial charge in [0.2, 0.25) is 0 Å². The summed E-state index contributed by atoms with van der Waals surface area (Å²) in [5, 5.41) is 0. The van der Waals surface area contributed by atoms with Crippen molar-refractivity contribution in [3.63, 3.8) is 0 Å². The summed E-state index contributed by atoms with van der Waals surface area (Å²) in [6, 6.07) is 9.14. The first kappa shape index (κ1) is 12.0. The van der Waals surface area contributed by atoms with E-state index in [-0.39, 0.29) is 17.5 Å². The summed E-state index contributed by atoms with van der Waals surface area (Å²) < 4.78 is 0. The lowest BCUT2D eigenvalue weighted by molar-refractivity contribution is -0.120. The first-order valence-corrected chi connectivity index (χ1v) is 6.21. The van der Waals surface area contributed by atoms with Crippen molar-refractivity contribution in [2.45, 2.75) is 26.7 Å². The van der Waals surface area contributed by atoms with Crippen LogP contribution in [0, 0.1) is 17.8 Å². The zero-order chi connectivity index (χ0) is 12.4. The molecule has 0 bridgehead atoms. The third-order valence-electron chi connectivity index (χ3n) is 3.67. The Bertz CT molecular complexity index is 418. The van der Waals surface area contributed by atoms with Gasteiger partial charge in [-0.3, -0.25) is 9.59 Å². The molecule has 0 amide bonds. The molecule has 0 N–H and O–H groups in total. The Balaban J connectivity index is 2.21. The molecular weight excluding hydrogens is 212 g/mol. The average molecular weight is 230 g/mol. The first-order chi connectivity index (χ1) is 8.11. The Kier molecular flexibility index (Phi) is 3.41. The lowest BCUT2D eigenvalue weighted by Crippen LogP contribution is -2.29. The molecule has 2 rings (SSSR count). The van der Waals surface area contributed by atoms with Crippen LogP contribution in [-0.4, -0.2) is 11.6 Å². The second kappa shape index (κ2) is 4.82. The predicted octanol–water partition coefficient (Wildman–Crippen LogP) is 3.12. The van der Waals surface area contributed by atoms with Gasteiger partial charge in [0, 0.05) is 5.56 Å². The average Bonchev–Trinajstić information content (AvgIpc) is 3.13. The van der Waals surface area contributed by atoms with Gasteiger partial charge in [-0.15, -0.1) is 0 Å². The van der Waals surface area contributed by atoms with E-state index < -0.39 is 5.92 Å². The molecule has 0 aromatic heterocycles. The number of benzene rings is 1. The molecule has 2 nitrogen and oxygen atoms in total. The number of carbonyl (C=O) groups is 2. The summed E-state index contributed by atoms with van der Waals surface area (Å²) in [7, 11) is 0. The highest BCUT2D eigenvalue weighted by Crippen LogP contribution is 2.41. The van der Waals surface area contributed by atoms with Gasteiger partial charge in [-0.2, -0.15) is 0 Å². The van der Waals surface area contributed by atoms with Crippen LogP contribution in [0.1, 0.15) is 37.0 Å². The van der Waals surface area contributed by atoms with Crippen LogP contribution >= 0.6 is 0 Å². The number of rotatable bonds is 5. The minimum absolute atomic E-state index is 0.00162. The molecular formula is C15H18O2. The molecule has 1 fully saturated rings. The fourth-order valence-corrected chi connectivity index (χ4v) is 2.47. The molecule has 0 spiro atoms. The van der Waals surface area contributed by atoms with Gasteiger partial charge in [-0.1, -0.05) is 37.3 Å². The lowest BCUT2D eigenvalue weighted by Gasteiger charge is -2.20. The van der Waals surface area contributed by atoms with Crippen LogP contribution in [0.3, 0.4) is 0 Å². The minimum Gasteiger partial charge on any atom is -0.299 e. The first-order valence-electron chi connectivity index (χ1n) is 6.21. The van der Waals surface area contributed by atoms with Gasteiger partial charge < -0.3 is 0 Å². The van der Waals surface area contributed by atoms with Crippen LogP contribution in [0.2, 0.25) is 0 Å². The predicted molar refractivity (Wildman–Crippen MR) is 66.8 cm³/mol. The van der Waals surface area contributed by atoms with Gasteiger partial charge in [-0.05, 0) is 31.6 Å². The number of hydrogen-bond donors (Lipinski definition) is 0. The van der Waals surface area contributed by atoms with Crippen molar-refractivity contribution >= 4 is 11.6 Å². The number of carbonyl (C=O) groups excluding carboxylic acids is 2. The second-order valence-corrected chi connectivity index (χ2v) is 5.02. The molecule has 2 atom stereocenters. The molecule has 0 aliphatic heterocycles. The Labute approximate surface area is 102 Å². The van der Waals surface area contributed by atoms with E-state index in [2.05, 4.69) is 0 Å². The molecule has 2 unspecified atom stereocenters. The largest absolute Gasteiger partial charge is 0.299 e. The molecule has 1 aromatic rings. The molecule has 1 aromatic carbocycles. The maximum absolute atomic E-state index is 12.3. The molecule has 0 saturated heterocycles. The van der Waals surface area contributed by atoms with Crippen LogP contribution in [-0.2, 0) is 4.79 Å². The van der Waals surface area contributed by atoms with Gasteiger partial charge in [0.1, 0.15) is 5.78 Å². The summed E-state index contributed by atoms with van der Waals surface area (Å²) in [5.74, 6) is 0.275. The SMILES string of the molecule is CC(=O)C(C(=O)c1ccccc1)C(C)C1CC1. The Morgan fingerprint density at radius 1 is 1.18 bits per heavy atom. The van der Waals surface area contributed by atoms with Crippen molar-refractivity contribution in [3.8, 4) is 0 Å². The fraction of sp³-hybridized carbons (Fsp3) is 0.467. The molecule has 90 valence electrons. The van der Waals surface area contributed by atoms with Crippen molar-refractivity contribution in [3.05, 3.63) is 35.9 Å². The van der Waals surface area contributed by atoms with E-state index in [1.165, 1.54) is 6.92 Å². The zero-order valence-electron chi connectivity index (χ0n) is 10.3. The van der Waals surface area contributed by atoms with E-state index >= 15 is 0 Å². The maximum Gasteiger partial charge on any atom is 0.173 e. The molecule has 17 heavy (non-hydrogen) atoms. The Morgan fingerprint density at radius 3 is 2.24 bits per heavy atom. The lowest BCUT2D eigenvalue weighted by atomic mass is 9.81. The van der Waals surface area contributed by atoms with Gasteiger partial charge in [0.15, 0.2) is 5.78 Å². The van der Waals surface area contributed by atoms with Crippen molar-refractivity contribution in [1.29, 1.82) is 0 Å². The third kappa shape index (κ3) is 2.63. The van der Waals surface area contributed by atoms with Gasteiger partial charge in [0.25, 0.3) is 0 Å². The van der Waals surface area contributed by atoms with Gasteiger partial charge >= 0.3 is 0 Å². The van der Waals surface area contributed by atoms with E-state index in [0.717, 1.165) is 12.8 Å². The van der Waals surface area contributed by atoms with Crippen molar-refractivity contribution in [2.24, 2.45) is 17.8 Å². The van der Waals surface area contributed by atoms with Crippen LogP contribution in [0.4, 0.5) is 0 Å². The molecule has 0 radical (unpaired) electrons. The molecule has 1 aliphatic carbocycles. The van der Waals surface area contributed by atoms with E-state index in [9.17, 15) is 9.59 Å². The van der Waals surface area contributed by atoms with Crippen molar-refractivity contribution in [2.75, 3.05) is 0 Å². The fourth-order valence-electron chi connectivity index (χ4n) is 2.47. The Hall–Kier alpha value is -1.44. The zero-order valence-corrected chi connectivity index (χ0v) is 10.3. The molecule has 2 heteroatoms. The van der Waals surface area contributed by atoms with Gasteiger partial charge in [0.05, 0.1) is 5.92 Å². The molecule has 1 aliphatic rings. The quantitative estimate of drug-likeness (QED) is 0.575. The summed E-state index contributed by atoms with van der Waals surface area (Å²) in [6.45, 7) is 3.56. The summed E-state index contributed by atoms with van der Waals surface area (Å²) in [6.07, 6.45) is 2.32. The van der Waals surface area contributed by atoms with Crippen LogP contribution in [0.5, 0.6) is 0 Å². The minimum atomic E-state index is -0.454. The summed E-state index contributed by atoms with van der Waals surface area (Å²) >= 11 is 0. The molecule has 0 heterocycles. The third-order valence-corrected chi connectivity index (χ3v) is 3.67. The summed E-state index contributed by atoms with van der Waals surface area (Å²) in [4.78, 5) is 24.1. The topological polar surface area (TPSA) is 34.1 Å². The van der Waals surface area contributed by atoms with E-state index in [1.54, 1.807) is 12.1 Å². The smallest absolute Gasteiger partial charge is 0.173 e. The van der Waals surface area contributed by atoms with Crippen LogP contribution < -0.4 is 0 Å². The van der Waals surface area contributed by atoms with E-state index in [4.69, 9.17) is 0 Å². The normalized spacial score (nSPS) is 18.5.